The smallest absolute Gasteiger partial charge is 0.259 e. The number of para-hydroxylation sites is 1. The maximum absolute atomic E-state index is 12.6. The molecule has 144 valence electrons. The van der Waals surface area contributed by atoms with Crippen molar-refractivity contribution >= 4 is 34.5 Å². The van der Waals surface area contributed by atoms with Gasteiger partial charge in [-0.25, -0.2) is 4.98 Å². The minimum Gasteiger partial charge on any atom is -0.496 e. The topological polar surface area (TPSA) is 51.2 Å². The highest BCUT2D eigenvalue weighted by Crippen LogP contribution is 2.33. The number of ether oxygens (including phenoxy) is 1. The molecule has 4 aromatic rings. The van der Waals surface area contributed by atoms with Gasteiger partial charge in [-0.15, -0.1) is 11.3 Å². The van der Waals surface area contributed by atoms with Crippen LogP contribution in [0.5, 0.6) is 5.75 Å². The van der Waals surface area contributed by atoms with Crippen LogP contribution in [-0.2, 0) is 0 Å². The molecule has 0 unspecified atom stereocenters. The molecule has 0 bridgehead atoms. The highest BCUT2D eigenvalue weighted by Gasteiger charge is 2.13. The summed E-state index contributed by atoms with van der Waals surface area (Å²) < 4.78 is 5.27. The van der Waals surface area contributed by atoms with E-state index >= 15 is 0 Å². The number of hydrogen-bond acceptors (Lipinski definition) is 4. The van der Waals surface area contributed by atoms with Crippen LogP contribution in [0.3, 0.4) is 0 Å². The molecule has 1 heterocycles. The molecule has 0 aliphatic heterocycles. The van der Waals surface area contributed by atoms with Gasteiger partial charge in [-0.3, -0.25) is 4.79 Å². The molecule has 3 aromatic carbocycles. The summed E-state index contributed by atoms with van der Waals surface area (Å²) in [5, 5.41) is 6.44. The molecular weight excluding hydrogens is 404 g/mol. The number of benzene rings is 3. The van der Waals surface area contributed by atoms with Gasteiger partial charge in [0.05, 0.1) is 23.4 Å². The summed E-state index contributed by atoms with van der Waals surface area (Å²) in [6.45, 7) is 0. The Balaban J connectivity index is 1.58. The highest BCUT2D eigenvalue weighted by atomic mass is 35.5. The summed E-state index contributed by atoms with van der Waals surface area (Å²) in [7, 11) is 1.55. The number of nitrogens with zero attached hydrogens (tertiary/aromatic N) is 1. The Bertz CT molecular complexity index is 1170. The number of thiazole rings is 1. The lowest BCUT2D eigenvalue weighted by atomic mass is 10.1. The molecule has 0 aliphatic carbocycles. The van der Waals surface area contributed by atoms with Crippen molar-refractivity contribution in [1.82, 2.24) is 4.98 Å². The van der Waals surface area contributed by atoms with Gasteiger partial charge in [0.1, 0.15) is 10.8 Å². The van der Waals surface area contributed by atoms with Gasteiger partial charge >= 0.3 is 0 Å². The predicted molar refractivity (Wildman–Crippen MR) is 119 cm³/mol. The first-order chi connectivity index (χ1) is 14.2. The zero-order valence-electron chi connectivity index (χ0n) is 15.6. The molecule has 1 N–H and O–H groups in total. The molecule has 0 fully saturated rings. The lowest BCUT2D eigenvalue weighted by Crippen LogP contribution is -2.13. The Morgan fingerprint density at radius 1 is 1.03 bits per heavy atom. The number of carbonyl (C=O) groups excluding carboxylic acids is 1. The minimum absolute atomic E-state index is 0.227. The third-order valence-corrected chi connectivity index (χ3v) is 5.58. The normalized spacial score (nSPS) is 10.6. The fraction of sp³-hybridized carbons (Fsp3) is 0.0435. The van der Waals surface area contributed by atoms with Crippen LogP contribution < -0.4 is 10.1 Å². The second kappa shape index (κ2) is 8.47. The van der Waals surface area contributed by atoms with Crippen molar-refractivity contribution in [2.45, 2.75) is 0 Å². The average molecular weight is 421 g/mol. The van der Waals surface area contributed by atoms with E-state index in [0.717, 1.165) is 21.8 Å². The van der Waals surface area contributed by atoms with Crippen molar-refractivity contribution in [2.75, 3.05) is 12.4 Å². The molecule has 0 spiro atoms. The van der Waals surface area contributed by atoms with E-state index in [2.05, 4.69) is 5.32 Å². The molecule has 4 rings (SSSR count). The summed E-state index contributed by atoms with van der Waals surface area (Å²) in [5.74, 6) is 0.305. The van der Waals surface area contributed by atoms with Crippen LogP contribution in [0.4, 0.5) is 5.69 Å². The SMILES string of the molecule is COc1ccccc1C(=O)Nc1cccc(-c2csc(-c3ccccc3Cl)n2)c1. The maximum atomic E-state index is 12.6. The molecule has 6 heteroatoms. The van der Waals surface area contributed by atoms with Gasteiger partial charge in [-0.2, -0.15) is 0 Å². The summed E-state index contributed by atoms with van der Waals surface area (Å²) in [4.78, 5) is 17.4. The molecule has 0 radical (unpaired) electrons. The van der Waals surface area contributed by atoms with Crippen LogP contribution in [0.25, 0.3) is 21.8 Å². The lowest BCUT2D eigenvalue weighted by molar-refractivity contribution is 0.102. The van der Waals surface area contributed by atoms with Gasteiger partial charge in [-0.1, -0.05) is 54.1 Å². The standard InChI is InChI=1S/C23H17ClN2O2S/c1-28-21-12-5-3-10-18(21)22(27)25-16-8-6-7-15(13-16)20-14-29-23(26-20)17-9-2-4-11-19(17)24/h2-14H,1H3,(H,25,27). The van der Waals surface area contributed by atoms with Crippen LogP contribution in [-0.4, -0.2) is 18.0 Å². The van der Waals surface area contributed by atoms with Crippen molar-refractivity contribution in [1.29, 1.82) is 0 Å². The van der Waals surface area contributed by atoms with Crippen LogP contribution in [0.1, 0.15) is 10.4 Å². The number of aromatic nitrogens is 1. The first kappa shape index (κ1) is 19.2. The van der Waals surface area contributed by atoms with Gasteiger partial charge < -0.3 is 10.1 Å². The fourth-order valence-electron chi connectivity index (χ4n) is 2.95. The van der Waals surface area contributed by atoms with E-state index in [9.17, 15) is 4.79 Å². The number of anilines is 1. The minimum atomic E-state index is -0.227. The van der Waals surface area contributed by atoms with Gasteiger partial charge in [0.25, 0.3) is 5.91 Å². The van der Waals surface area contributed by atoms with Crippen LogP contribution in [0.2, 0.25) is 5.02 Å². The van der Waals surface area contributed by atoms with Crippen LogP contribution >= 0.6 is 22.9 Å². The fourth-order valence-corrected chi connectivity index (χ4v) is 4.10. The Morgan fingerprint density at radius 2 is 1.83 bits per heavy atom. The Hall–Kier alpha value is -3.15. The Morgan fingerprint density at radius 3 is 2.66 bits per heavy atom. The van der Waals surface area contributed by atoms with E-state index in [1.165, 1.54) is 11.3 Å². The first-order valence-electron chi connectivity index (χ1n) is 8.91. The second-order valence-electron chi connectivity index (χ2n) is 6.25. The number of amides is 1. The number of methoxy groups -OCH3 is 1. The summed E-state index contributed by atoms with van der Waals surface area (Å²) >= 11 is 7.82. The van der Waals surface area contributed by atoms with E-state index in [4.69, 9.17) is 21.3 Å². The summed E-state index contributed by atoms with van der Waals surface area (Å²) in [6.07, 6.45) is 0. The largest absolute Gasteiger partial charge is 0.496 e. The van der Waals surface area contributed by atoms with Gasteiger partial charge in [0.15, 0.2) is 0 Å². The number of nitrogens with one attached hydrogen (secondary N) is 1. The number of rotatable bonds is 5. The average Bonchev–Trinajstić information content (AvgIpc) is 3.24. The Labute approximate surface area is 177 Å². The zero-order valence-corrected chi connectivity index (χ0v) is 17.1. The van der Waals surface area contributed by atoms with E-state index < -0.39 is 0 Å². The second-order valence-corrected chi connectivity index (χ2v) is 7.52. The lowest BCUT2D eigenvalue weighted by Gasteiger charge is -2.09. The molecule has 0 atom stereocenters. The van der Waals surface area contributed by atoms with Gasteiger partial charge in [-0.05, 0) is 30.3 Å². The van der Waals surface area contributed by atoms with E-state index in [1.807, 2.05) is 60.0 Å². The van der Waals surface area contributed by atoms with Crippen molar-refractivity contribution in [3.8, 4) is 27.6 Å². The molecule has 0 aliphatic rings. The number of hydrogen-bond donors (Lipinski definition) is 1. The summed E-state index contributed by atoms with van der Waals surface area (Å²) in [5.41, 5.74) is 3.82. The molecule has 0 saturated heterocycles. The highest BCUT2D eigenvalue weighted by molar-refractivity contribution is 7.13. The molecule has 4 nitrogen and oxygen atoms in total. The zero-order chi connectivity index (χ0) is 20.2. The number of halogens is 1. The molecule has 0 saturated carbocycles. The molecule has 1 amide bonds. The molecule has 1 aromatic heterocycles. The number of carbonyl (C=O) groups is 1. The first-order valence-corrected chi connectivity index (χ1v) is 10.2. The molecule has 29 heavy (non-hydrogen) atoms. The van der Waals surface area contributed by atoms with Crippen molar-refractivity contribution in [2.24, 2.45) is 0 Å². The maximum Gasteiger partial charge on any atom is 0.259 e. The van der Waals surface area contributed by atoms with Crippen molar-refractivity contribution in [3.63, 3.8) is 0 Å². The third-order valence-electron chi connectivity index (χ3n) is 4.38. The van der Waals surface area contributed by atoms with E-state index in [-0.39, 0.29) is 5.91 Å². The van der Waals surface area contributed by atoms with Crippen LogP contribution in [0, 0.1) is 0 Å². The van der Waals surface area contributed by atoms with Gasteiger partial charge in [0, 0.05) is 22.2 Å². The van der Waals surface area contributed by atoms with Crippen molar-refractivity contribution < 1.29 is 9.53 Å². The predicted octanol–water partition coefficient (Wildman–Crippen LogP) is 6.39. The quantitative estimate of drug-likeness (QED) is 0.407. The third kappa shape index (κ3) is 4.16. The monoisotopic (exact) mass is 420 g/mol. The molecular formula is C23H17ClN2O2S. The van der Waals surface area contributed by atoms with Crippen molar-refractivity contribution in [3.05, 3.63) is 88.8 Å². The van der Waals surface area contributed by atoms with E-state index in [1.54, 1.807) is 25.3 Å². The van der Waals surface area contributed by atoms with Gasteiger partial charge in [0.2, 0.25) is 0 Å². The van der Waals surface area contributed by atoms with Crippen LogP contribution in [0.15, 0.2) is 78.2 Å². The Kier molecular flexibility index (Phi) is 5.60. The summed E-state index contributed by atoms with van der Waals surface area (Å²) in [6, 6.07) is 22.4. The van der Waals surface area contributed by atoms with E-state index in [0.29, 0.717) is 22.0 Å².